The number of nitrogens with one attached hydrogen (secondary N) is 2. The van der Waals surface area contributed by atoms with Crippen LogP contribution in [0.4, 0.5) is 10.7 Å². The van der Waals surface area contributed by atoms with Crippen LogP contribution in [0.3, 0.4) is 0 Å². The van der Waals surface area contributed by atoms with Gasteiger partial charge in [-0.1, -0.05) is 42.5 Å². The van der Waals surface area contributed by atoms with Gasteiger partial charge in [-0.2, -0.15) is 10.1 Å². The number of H-pyrrole nitrogens is 1. The summed E-state index contributed by atoms with van der Waals surface area (Å²) in [6.45, 7) is 1.52. The fraction of sp³-hybridized carbons (Fsp3) is 0.280. The maximum atomic E-state index is 12.4. The number of carbonyl (C=O) groups is 1. The van der Waals surface area contributed by atoms with Crippen molar-refractivity contribution in [1.29, 1.82) is 0 Å². The molecule has 1 fully saturated rings. The van der Waals surface area contributed by atoms with Crippen LogP contribution >= 0.6 is 0 Å². The van der Waals surface area contributed by atoms with Gasteiger partial charge in [0.2, 0.25) is 5.95 Å². The molecule has 5 rings (SSSR count). The van der Waals surface area contributed by atoms with Gasteiger partial charge in [0.15, 0.2) is 5.65 Å². The minimum absolute atomic E-state index is 0.170. The fourth-order valence-corrected chi connectivity index (χ4v) is 4.13. The zero-order valence-corrected chi connectivity index (χ0v) is 18.9. The summed E-state index contributed by atoms with van der Waals surface area (Å²) >= 11 is 0. The van der Waals surface area contributed by atoms with Crippen LogP contribution in [0.5, 0.6) is 5.75 Å². The Bertz CT molecular complexity index is 1270. The zero-order valence-electron chi connectivity index (χ0n) is 18.9. The van der Waals surface area contributed by atoms with Gasteiger partial charge in [-0.25, -0.2) is 9.78 Å². The number of hydrogen-bond donors (Lipinski definition) is 2. The summed E-state index contributed by atoms with van der Waals surface area (Å²) in [6, 6.07) is 17.6. The summed E-state index contributed by atoms with van der Waals surface area (Å²) in [5.41, 5.74) is 3.29. The molecule has 9 heteroatoms. The number of nitrogens with zero attached hydrogens (tertiary/aromatic N) is 4. The van der Waals surface area contributed by atoms with E-state index in [0.717, 1.165) is 40.8 Å². The predicted octanol–water partition coefficient (Wildman–Crippen LogP) is 4.24. The van der Waals surface area contributed by atoms with Crippen LogP contribution in [0.2, 0.25) is 0 Å². The quantitative estimate of drug-likeness (QED) is 0.445. The number of methoxy groups -OCH3 is 1. The molecule has 174 valence electrons. The average molecular weight is 459 g/mol. The highest BCUT2D eigenvalue weighted by molar-refractivity contribution is 5.92. The van der Waals surface area contributed by atoms with Crippen LogP contribution in [-0.2, 0) is 11.3 Å². The van der Waals surface area contributed by atoms with Crippen molar-refractivity contribution in [2.45, 2.75) is 25.5 Å². The Morgan fingerprint density at radius 1 is 1.12 bits per heavy atom. The topological polar surface area (TPSA) is 105 Å². The first-order valence-electron chi connectivity index (χ1n) is 11.3. The number of benzene rings is 2. The first kappa shape index (κ1) is 21.7. The van der Waals surface area contributed by atoms with Crippen molar-refractivity contribution in [2.75, 3.05) is 25.5 Å². The van der Waals surface area contributed by atoms with Crippen LogP contribution in [0.1, 0.15) is 18.4 Å². The Labute approximate surface area is 197 Å². The maximum Gasteiger partial charge on any atom is 0.410 e. The van der Waals surface area contributed by atoms with Crippen molar-refractivity contribution in [3.05, 3.63) is 66.4 Å². The summed E-state index contributed by atoms with van der Waals surface area (Å²) in [5.74, 6) is 1.28. The average Bonchev–Trinajstić information content (AvgIpc) is 3.31. The lowest BCUT2D eigenvalue weighted by Crippen LogP contribution is -2.42. The Balaban J connectivity index is 1.18. The lowest BCUT2D eigenvalue weighted by Gasteiger charge is -2.31. The molecular weight excluding hydrogens is 432 g/mol. The van der Waals surface area contributed by atoms with Gasteiger partial charge < -0.3 is 19.7 Å². The number of likely N-dealkylation sites (tertiary alicyclic amines) is 1. The van der Waals surface area contributed by atoms with E-state index in [2.05, 4.69) is 25.5 Å². The van der Waals surface area contributed by atoms with E-state index in [4.69, 9.17) is 9.47 Å². The van der Waals surface area contributed by atoms with E-state index >= 15 is 0 Å². The van der Waals surface area contributed by atoms with Gasteiger partial charge in [-0.15, -0.1) is 0 Å². The number of piperidine rings is 1. The van der Waals surface area contributed by atoms with Crippen molar-refractivity contribution in [3.63, 3.8) is 0 Å². The molecular formula is C25H26N6O3. The molecule has 4 aromatic rings. The van der Waals surface area contributed by atoms with Crippen molar-refractivity contribution in [1.82, 2.24) is 25.1 Å². The number of rotatable bonds is 6. The van der Waals surface area contributed by atoms with Crippen LogP contribution in [0.15, 0.2) is 60.8 Å². The zero-order chi connectivity index (χ0) is 23.3. The van der Waals surface area contributed by atoms with E-state index in [1.54, 1.807) is 18.2 Å². The summed E-state index contributed by atoms with van der Waals surface area (Å²) < 4.78 is 10.9. The predicted molar refractivity (Wildman–Crippen MR) is 129 cm³/mol. The number of aromatic amines is 1. The second-order valence-electron chi connectivity index (χ2n) is 8.18. The van der Waals surface area contributed by atoms with Crippen molar-refractivity contribution < 1.29 is 14.3 Å². The van der Waals surface area contributed by atoms with Crippen LogP contribution < -0.4 is 10.1 Å². The second kappa shape index (κ2) is 9.78. The molecule has 0 unspecified atom stereocenters. The minimum atomic E-state index is -0.277. The second-order valence-corrected chi connectivity index (χ2v) is 8.18. The number of aromatic nitrogens is 4. The third kappa shape index (κ3) is 4.63. The third-order valence-electron chi connectivity index (χ3n) is 5.98. The van der Waals surface area contributed by atoms with Crippen molar-refractivity contribution in [2.24, 2.45) is 0 Å². The Kier molecular flexibility index (Phi) is 6.24. The highest BCUT2D eigenvalue weighted by Crippen LogP contribution is 2.32. The molecule has 0 radical (unpaired) electrons. The van der Waals surface area contributed by atoms with Crippen molar-refractivity contribution in [3.8, 4) is 17.0 Å². The smallest absolute Gasteiger partial charge is 0.410 e. The van der Waals surface area contributed by atoms with Gasteiger partial charge in [-0.3, -0.25) is 5.10 Å². The van der Waals surface area contributed by atoms with E-state index in [1.165, 1.54) is 0 Å². The first-order chi connectivity index (χ1) is 16.7. The highest BCUT2D eigenvalue weighted by atomic mass is 16.6. The number of ether oxygens (including phenoxy) is 2. The Hall–Kier alpha value is -4.14. The number of fused-ring (bicyclic) bond motifs is 1. The lowest BCUT2D eigenvalue weighted by molar-refractivity contribution is 0.0881. The number of amides is 1. The van der Waals surface area contributed by atoms with E-state index in [0.29, 0.717) is 24.7 Å². The number of anilines is 1. The van der Waals surface area contributed by atoms with E-state index in [1.807, 2.05) is 54.6 Å². The van der Waals surface area contributed by atoms with Gasteiger partial charge in [0, 0.05) is 30.9 Å². The molecule has 3 heterocycles. The van der Waals surface area contributed by atoms with Gasteiger partial charge in [0.1, 0.15) is 12.4 Å². The number of para-hydroxylation sites is 1. The largest absolute Gasteiger partial charge is 0.496 e. The molecule has 1 saturated heterocycles. The summed E-state index contributed by atoms with van der Waals surface area (Å²) in [7, 11) is 1.64. The summed E-state index contributed by atoms with van der Waals surface area (Å²) in [6.07, 6.45) is 3.07. The molecule has 0 saturated carbocycles. The normalized spacial score (nSPS) is 14.2. The molecule has 2 aromatic heterocycles. The third-order valence-corrected chi connectivity index (χ3v) is 5.98. The molecule has 0 aliphatic carbocycles. The van der Waals surface area contributed by atoms with Crippen LogP contribution in [-0.4, -0.2) is 57.4 Å². The molecule has 2 N–H and O–H groups in total. The Morgan fingerprint density at radius 2 is 1.88 bits per heavy atom. The molecule has 9 nitrogen and oxygen atoms in total. The maximum absolute atomic E-state index is 12.4. The standard InChI is InChI=1S/C25H26N6O3/c1-33-21-10-6-5-9-19(21)22-20-15-26-24(28-23(20)30-29-22)27-18-11-13-31(14-12-18)25(32)34-16-17-7-3-2-4-8-17/h2-10,15,18H,11-14,16H2,1H3,(H2,26,27,28,29,30). The number of hydrogen-bond acceptors (Lipinski definition) is 7. The molecule has 1 amide bonds. The van der Waals surface area contributed by atoms with Crippen LogP contribution in [0, 0.1) is 0 Å². The Morgan fingerprint density at radius 3 is 2.68 bits per heavy atom. The molecule has 0 bridgehead atoms. The molecule has 1 aliphatic rings. The van der Waals surface area contributed by atoms with E-state index in [-0.39, 0.29) is 18.7 Å². The van der Waals surface area contributed by atoms with Crippen molar-refractivity contribution >= 4 is 23.1 Å². The molecule has 1 aliphatic heterocycles. The van der Waals surface area contributed by atoms with Gasteiger partial charge in [0.25, 0.3) is 0 Å². The van der Waals surface area contributed by atoms with Gasteiger partial charge in [-0.05, 0) is 30.5 Å². The SMILES string of the molecule is COc1ccccc1-c1[nH]nc2nc(NC3CCN(C(=O)OCc4ccccc4)CC3)ncc12. The molecule has 2 aromatic carbocycles. The fourth-order valence-electron chi connectivity index (χ4n) is 4.13. The van der Waals surface area contributed by atoms with Gasteiger partial charge in [0.05, 0.1) is 18.2 Å². The molecule has 0 atom stereocenters. The highest BCUT2D eigenvalue weighted by Gasteiger charge is 2.24. The van der Waals surface area contributed by atoms with E-state index in [9.17, 15) is 4.79 Å². The first-order valence-corrected chi connectivity index (χ1v) is 11.3. The number of carbonyl (C=O) groups excluding carboxylic acids is 1. The van der Waals surface area contributed by atoms with Gasteiger partial charge >= 0.3 is 6.09 Å². The summed E-state index contributed by atoms with van der Waals surface area (Å²) in [5, 5.41) is 11.6. The lowest BCUT2D eigenvalue weighted by atomic mass is 10.1. The van der Waals surface area contributed by atoms with Crippen LogP contribution in [0.25, 0.3) is 22.3 Å². The molecule has 0 spiro atoms. The molecule has 34 heavy (non-hydrogen) atoms. The minimum Gasteiger partial charge on any atom is -0.496 e. The van der Waals surface area contributed by atoms with E-state index < -0.39 is 0 Å². The summed E-state index contributed by atoms with van der Waals surface area (Å²) in [4.78, 5) is 23.2. The monoisotopic (exact) mass is 458 g/mol.